The number of fused-ring (bicyclic) bond motifs is 1. The number of ether oxygens (including phenoxy) is 1. The van der Waals surface area contributed by atoms with E-state index in [9.17, 15) is 0 Å². The van der Waals surface area contributed by atoms with Crippen molar-refractivity contribution in [3.05, 3.63) is 18.2 Å². The predicted molar refractivity (Wildman–Crippen MR) is 74.4 cm³/mol. The van der Waals surface area contributed by atoms with Gasteiger partial charge in [-0.25, -0.2) is 0 Å². The minimum absolute atomic E-state index is 0.497. The highest BCUT2D eigenvalue weighted by molar-refractivity contribution is 8.00. The van der Waals surface area contributed by atoms with E-state index in [1.807, 2.05) is 24.9 Å². The number of hydrogen-bond acceptors (Lipinski definition) is 4. The Bertz CT molecular complexity index is 397. The van der Waals surface area contributed by atoms with Crippen LogP contribution in [0.4, 0.5) is 5.69 Å². The van der Waals surface area contributed by atoms with E-state index >= 15 is 0 Å². The van der Waals surface area contributed by atoms with Crippen LogP contribution in [0, 0.1) is 0 Å². The molecule has 0 bridgehead atoms. The summed E-state index contributed by atoms with van der Waals surface area (Å²) in [6.45, 7) is 3.29. The first-order valence-corrected chi connectivity index (χ1v) is 6.78. The molecule has 0 saturated carbocycles. The van der Waals surface area contributed by atoms with E-state index in [-0.39, 0.29) is 0 Å². The summed E-state index contributed by atoms with van der Waals surface area (Å²) in [5.74, 6) is 0.965. The van der Waals surface area contributed by atoms with Crippen molar-refractivity contribution in [2.45, 2.75) is 23.1 Å². The molecule has 2 rings (SSSR count). The maximum atomic E-state index is 5.46. The molecule has 0 amide bonds. The fraction of sp³-hybridized carbons (Fsp3) is 0.538. The van der Waals surface area contributed by atoms with Gasteiger partial charge in [0.1, 0.15) is 5.75 Å². The van der Waals surface area contributed by atoms with E-state index in [2.05, 4.69) is 36.3 Å². The van der Waals surface area contributed by atoms with Crippen LogP contribution in [0.25, 0.3) is 0 Å². The molecule has 1 heterocycles. The van der Waals surface area contributed by atoms with Crippen molar-refractivity contribution >= 4 is 17.4 Å². The lowest BCUT2D eigenvalue weighted by atomic mass is 10.1. The van der Waals surface area contributed by atoms with E-state index in [4.69, 9.17) is 4.74 Å². The molecule has 17 heavy (non-hydrogen) atoms. The van der Waals surface area contributed by atoms with Crippen LogP contribution in [-0.4, -0.2) is 39.0 Å². The number of benzene rings is 1. The van der Waals surface area contributed by atoms with Crippen molar-refractivity contribution < 1.29 is 4.74 Å². The van der Waals surface area contributed by atoms with E-state index < -0.39 is 0 Å². The molecule has 1 aromatic rings. The molecule has 2 atom stereocenters. The number of nitrogens with one attached hydrogen (secondary N) is 1. The first-order valence-electron chi connectivity index (χ1n) is 5.90. The normalized spacial score (nSPS) is 23.4. The number of methoxy groups -OCH3 is 1. The highest BCUT2D eigenvalue weighted by Crippen LogP contribution is 2.45. The molecule has 0 aromatic heterocycles. The summed E-state index contributed by atoms with van der Waals surface area (Å²) in [6, 6.07) is 6.76. The molecule has 2 unspecified atom stereocenters. The minimum atomic E-state index is 0.497. The van der Waals surface area contributed by atoms with Gasteiger partial charge in [-0.15, -0.1) is 11.8 Å². The Kier molecular flexibility index (Phi) is 3.84. The Morgan fingerprint density at radius 2 is 2.24 bits per heavy atom. The van der Waals surface area contributed by atoms with Crippen molar-refractivity contribution in [2.75, 3.05) is 32.6 Å². The van der Waals surface area contributed by atoms with Crippen molar-refractivity contribution in [2.24, 2.45) is 0 Å². The molecule has 3 nitrogen and oxygen atoms in total. The molecular weight excluding hydrogens is 232 g/mol. The number of nitrogens with zero attached hydrogens (tertiary/aromatic N) is 1. The van der Waals surface area contributed by atoms with Crippen molar-refractivity contribution in [3.8, 4) is 5.75 Å². The number of thioether (sulfide) groups is 1. The molecule has 94 valence electrons. The summed E-state index contributed by atoms with van der Waals surface area (Å²) in [6.07, 6.45) is 0. The van der Waals surface area contributed by atoms with Crippen molar-refractivity contribution in [1.29, 1.82) is 0 Å². The maximum absolute atomic E-state index is 5.46. The molecule has 0 aliphatic carbocycles. The monoisotopic (exact) mass is 252 g/mol. The predicted octanol–water partition coefficient (Wildman–Crippen LogP) is 2.21. The van der Waals surface area contributed by atoms with Crippen LogP contribution in [0.1, 0.15) is 6.92 Å². The Balaban J connectivity index is 2.38. The Labute approximate surface area is 108 Å². The first kappa shape index (κ1) is 12.6. The fourth-order valence-electron chi connectivity index (χ4n) is 2.24. The number of para-hydroxylation sites is 1. The van der Waals surface area contributed by atoms with Crippen molar-refractivity contribution in [1.82, 2.24) is 5.32 Å². The van der Waals surface area contributed by atoms with Crippen LogP contribution in [0.2, 0.25) is 0 Å². The second-order valence-corrected chi connectivity index (χ2v) is 5.65. The van der Waals surface area contributed by atoms with Crippen LogP contribution in [0.15, 0.2) is 23.1 Å². The van der Waals surface area contributed by atoms with E-state index in [1.165, 1.54) is 10.6 Å². The molecule has 0 saturated heterocycles. The molecule has 1 N–H and O–H groups in total. The third kappa shape index (κ3) is 2.24. The summed E-state index contributed by atoms with van der Waals surface area (Å²) < 4.78 is 5.46. The summed E-state index contributed by atoms with van der Waals surface area (Å²) >= 11 is 1.94. The lowest BCUT2D eigenvalue weighted by Gasteiger charge is -2.39. The number of hydrogen-bond donors (Lipinski definition) is 1. The molecule has 0 fully saturated rings. The lowest BCUT2D eigenvalue weighted by molar-refractivity contribution is 0.411. The Morgan fingerprint density at radius 3 is 2.88 bits per heavy atom. The largest absolute Gasteiger partial charge is 0.495 e. The van der Waals surface area contributed by atoms with Gasteiger partial charge in [0, 0.05) is 29.8 Å². The Hall–Kier alpha value is -0.870. The van der Waals surface area contributed by atoms with Crippen LogP contribution in [-0.2, 0) is 0 Å². The van der Waals surface area contributed by atoms with Gasteiger partial charge in [-0.1, -0.05) is 6.07 Å². The summed E-state index contributed by atoms with van der Waals surface area (Å²) in [7, 11) is 5.89. The van der Waals surface area contributed by atoms with Crippen LogP contribution in [0.3, 0.4) is 0 Å². The zero-order chi connectivity index (χ0) is 12.4. The van der Waals surface area contributed by atoms with Gasteiger partial charge in [0.2, 0.25) is 0 Å². The van der Waals surface area contributed by atoms with Gasteiger partial charge >= 0.3 is 0 Å². The molecule has 0 spiro atoms. The second kappa shape index (κ2) is 5.19. The van der Waals surface area contributed by atoms with E-state index in [0.29, 0.717) is 11.3 Å². The summed E-state index contributed by atoms with van der Waals surface area (Å²) in [4.78, 5) is 3.64. The number of anilines is 1. The minimum Gasteiger partial charge on any atom is -0.495 e. The fourth-order valence-corrected chi connectivity index (χ4v) is 3.71. The maximum Gasteiger partial charge on any atom is 0.143 e. The lowest BCUT2D eigenvalue weighted by Crippen LogP contribution is -2.44. The SMILES string of the molecule is CNCC1Sc2cccc(OC)c2N(C)C1C. The Morgan fingerprint density at radius 1 is 1.47 bits per heavy atom. The zero-order valence-corrected chi connectivity index (χ0v) is 11.7. The molecular formula is C13H20N2OS. The molecule has 1 aliphatic heterocycles. The molecule has 0 radical (unpaired) electrons. The average Bonchev–Trinajstić information content (AvgIpc) is 2.35. The van der Waals surface area contributed by atoms with Gasteiger partial charge in [0.05, 0.1) is 12.8 Å². The molecule has 1 aliphatic rings. The average molecular weight is 252 g/mol. The van der Waals surface area contributed by atoms with Gasteiger partial charge in [-0.05, 0) is 26.1 Å². The van der Waals surface area contributed by atoms with Crippen LogP contribution < -0.4 is 15.0 Å². The van der Waals surface area contributed by atoms with Crippen LogP contribution in [0.5, 0.6) is 5.75 Å². The summed E-state index contributed by atoms with van der Waals surface area (Å²) in [5, 5.41) is 3.84. The van der Waals surface area contributed by atoms with E-state index in [1.54, 1.807) is 7.11 Å². The standard InChI is InChI=1S/C13H20N2OS/c1-9-12(8-14-2)17-11-7-5-6-10(16-4)13(11)15(9)3/h5-7,9,12,14H,8H2,1-4H3. The van der Waals surface area contributed by atoms with Crippen LogP contribution >= 0.6 is 11.8 Å². The topological polar surface area (TPSA) is 24.5 Å². The second-order valence-electron chi connectivity index (χ2n) is 4.37. The van der Waals surface area contributed by atoms with Gasteiger partial charge in [0.25, 0.3) is 0 Å². The highest BCUT2D eigenvalue weighted by Gasteiger charge is 2.31. The van der Waals surface area contributed by atoms with Gasteiger partial charge in [-0.3, -0.25) is 0 Å². The van der Waals surface area contributed by atoms with Gasteiger partial charge in [0.15, 0.2) is 0 Å². The van der Waals surface area contributed by atoms with E-state index in [0.717, 1.165) is 12.3 Å². The first-order chi connectivity index (χ1) is 8.19. The molecule has 4 heteroatoms. The summed E-state index contributed by atoms with van der Waals surface area (Å²) in [5.41, 5.74) is 1.22. The zero-order valence-electron chi connectivity index (χ0n) is 10.9. The number of rotatable bonds is 3. The van der Waals surface area contributed by atoms with Gasteiger partial charge in [-0.2, -0.15) is 0 Å². The van der Waals surface area contributed by atoms with Crippen molar-refractivity contribution in [3.63, 3.8) is 0 Å². The molecule has 1 aromatic carbocycles. The third-order valence-electron chi connectivity index (χ3n) is 3.37. The quantitative estimate of drug-likeness (QED) is 0.891. The highest BCUT2D eigenvalue weighted by atomic mass is 32.2. The van der Waals surface area contributed by atoms with Gasteiger partial charge < -0.3 is 15.0 Å². The smallest absolute Gasteiger partial charge is 0.143 e. The third-order valence-corrected chi connectivity index (χ3v) is 4.81.